The van der Waals surface area contributed by atoms with Crippen LogP contribution in [-0.2, 0) is 0 Å². The topological polar surface area (TPSA) is 30.8 Å². The maximum Gasteiger partial charge on any atom is 0.225 e. The molecule has 27 heavy (non-hydrogen) atoms. The number of benzene rings is 3. The molecule has 0 aliphatic carbocycles. The molecule has 0 N–H and O–H groups in total. The third-order valence-corrected chi connectivity index (χ3v) is 3.95. The fourth-order valence-electron chi connectivity index (χ4n) is 2.35. The Labute approximate surface area is 160 Å². The standard InChI is InChI=1S/C24H23NO2/c1-18-9-13-21(14-10-18)25-24(27-23-7-5-4-6-8-23)20(3)17-26-22-15-11-19(2)12-16-22/h4-17H,1-3H3/b20-17+,25-24?. The fraction of sp³-hybridized carbons (Fsp3) is 0.125. The predicted octanol–water partition coefficient (Wildman–Crippen LogP) is 6.40. The van der Waals surface area contributed by atoms with E-state index in [2.05, 4.69) is 11.9 Å². The highest BCUT2D eigenvalue weighted by molar-refractivity contribution is 5.96. The van der Waals surface area contributed by atoms with E-state index in [0.29, 0.717) is 5.90 Å². The quantitative estimate of drug-likeness (QED) is 0.301. The Hall–Kier alpha value is -3.33. The van der Waals surface area contributed by atoms with Gasteiger partial charge in [-0.25, -0.2) is 4.99 Å². The molecule has 3 heteroatoms. The molecular weight excluding hydrogens is 334 g/mol. The van der Waals surface area contributed by atoms with E-state index in [0.717, 1.165) is 22.8 Å². The maximum absolute atomic E-state index is 6.02. The van der Waals surface area contributed by atoms with E-state index < -0.39 is 0 Å². The third-order valence-electron chi connectivity index (χ3n) is 3.95. The van der Waals surface area contributed by atoms with E-state index in [1.807, 2.05) is 92.7 Å². The van der Waals surface area contributed by atoms with E-state index in [4.69, 9.17) is 9.47 Å². The van der Waals surface area contributed by atoms with Gasteiger partial charge in [0.1, 0.15) is 11.5 Å². The van der Waals surface area contributed by atoms with Crippen molar-refractivity contribution in [2.45, 2.75) is 20.8 Å². The van der Waals surface area contributed by atoms with Crippen molar-refractivity contribution in [3.8, 4) is 11.5 Å². The summed E-state index contributed by atoms with van der Waals surface area (Å²) >= 11 is 0. The lowest BCUT2D eigenvalue weighted by atomic mass is 10.2. The molecule has 0 bridgehead atoms. The molecule has 3 nitrogen and oxygen atoms in total. The second-order valence-electron chi connectivity index (χ2n) is 6.40. The number of rotatable bonds is 5. The van der Waals surface area contributed by atoms with Crippen molar-refractivity contribution < 1.29 is 9.47 Å². The van der Waals surface area contributed by atoms with Crippen LogP contribution in [0, 0.1) is 13.8 Å². The molecule has 0 amide bonds. The van der Waals surface area contributed by atoms with E-state index in [-0.39, 0.29) is 0 Å². The number of aliphatic imine (C=N–C) groups is 1. The Morgan fingerprint density at radius 2 is 1.33 bits per heavy atom. The van der Waals surface area contributed by atoms with Gasteiger partial charge in [-0.15, -0.1) is 0 Å². The highest BCUT2D eigenvalue weighted by Gasteiger charge is 2.08. The van der Waals surface area contributed by atoms with Crippen molar-refractivity contribution in [2.24, 2.45) is 4.99 Å². The van der Waals surface area contributed by atoms with Gasteiger partial charge in [0.05, 0.1) is 11.9 Å². The molecule has 0 saturated heterocycles. The van der Waals surface area contributed by atoms with Gasteiger partial charge in [-0.05, 0) is 57.2 Å². The van der Waals surface area contributed by atoms with Gasteiger partial charge in [0, 0.05) is 5.57 Å². The molecule has 0 atom stereocenters. The molecule has 0 unspecified atom stereocenters. The van der Waals surface area contributed by atoms with Gasteiger partial charge in [0.2, 0.25) is 5.90 Å². The van der Waals surface area contributed by atoms with Gasteiger partial charge in [-0.1, -0.05) is 53.6 Å². The number of ether oxygens (including phenoxy) is 2. The minimum atomic E-state index is 0.497. The summed E-state index contributed by atoms with van der Waals surface area (Å²) < 4.78 is 11.8. The number of para-hydroxylation sites is 1. The van der Waals surface area contributed by atoms with Crippen LogP contribution in [0.5, 0.6) is 11.5 Å². The van der Waals surface area contributed by atoms with Crippen LogP contribution in [0.2, 0.25) is 0 Å². The van der Waals surface area contributed by atoms with Crippen LogP contribution in [0.4, 0.5) is 5.69 Å². The Balaban J connectivity index is 1.86. The maximum atomic E-state index is 6.02. The lowest BCUT2D eigenvalue weighted by Gasteiger charge is -2.10. The first kappa shape index (κ1) is 18.5. The molecular formula is C24H23NO2. The third kappa shape index (κ3) is 5.58. The first-order valence-corrected chi connectivity index (χ1v) is 8.89. The molecule has 3 rings (SSSR count). The van der Waals surface area contributed by atoms with Gasteiger partial charge >= 0.3 is 0 Å². The van der Waals surface area contributed by atoms with E-state index in [1.165, 1.54) is 11.1 Å². The summed E-state index contributed by atoms with van der Waals surface area (Å²) in [6.45, 7) is 6.02. The number of aryl methyl sites for hydroxylation is 2. The molecule has 0 aliphatic rings. The highest BCUT2D eigenvalue weighted by Crippen LogP contribution is 2.19. The Morgan fingerprint density at radius 1 is 0.741 bits per heavy atom. The van der Waals surface area contributed by atoms with Gasteiger partial charge in [0.25, 0.3) is 0 Å². The summed E-state index contributed by atoms with van der Waals surface area (Å²) in [5.41, 5.74) is 4.00. The van der Waals surface area contributed by atoms with Crippen molar-refractivity contribution in [1.29, 1.82) is 0 Å². The largest absolute Gasteiger partial charge is 0.465 e. The van der Waals surface area contributed by atoms with Crippen molar-refractivity contribution in [3.63, 3.8) is 0 Å². The zero-order chi connectivity index (χ0) is 19.1. The average Bonchev–Trinajstić information content (AvgIpc) is 2.69. The Bertz CT molecular complexity index is 924. The second-order valence-corrected chi connectivity index (χ2v) is 6.40. The summed E-state index contributed by atoms with van der Waals surface area (Å²) in [6.07, 6.45) is 1.67. The van der Waals surface area contributed by atoms with Crippen LogP contribution in [0.15, 0.2) is 95.7 Å². The molecule has 0 aromatic heterocycles. The molecule has 0 aliphatic heterocycles. The molecule has 0 fully saturated rings. The van der Waals surface area contributed by atoms with E-state index in [1.54, 1.807) is 6.26 Å². The van der Waals surface area contributed by atoms with Crippen molar-refractivity contribution in [2.75, 3.05) is 0 Å². The van der Waals surface area contributed by atoms with Crippen LogP contribution in [0.1, 0.15) is 18.1 Å². The van der Waals surface area contributed by atoms with Crippen LogP contribution in [-0.4, -0.2) is 5.90 Å². The Kier molecular flexibility index (Phi) is 6.06. The van der Waals surface area contributed by atoms with Crippen LogP contribution >= 0.6 is 0 Å². The van der Waals surface area contributed by atoms with Crippen molar-refractivity contribution >= 4 is 11.6 Å². The van der Waals surface area contributed by atoms with Gasteiger partial charge in [0.15, 0.2) is 0 Å². The smallest absolute Gasteiger partial charge is 0.225 e. The van der Waals surface area contributed by atoms with Crippen molar-refractivity contribution in [3.05, 3.63) is 102 Å². The summed E-state index contributed by atoms with van der Waals surface area (Å²) in [5.74, 6) is 2.00. The van der Waals surface area contributed by atoms with Crippen LogP contribution in [0.3, 0.4) is 0 Å². The average molecular weight is 357 g/mol. The zero-order valence-electron chi connectivity index (χ0n) is 15.8. The van der Waals surface area contributed by atoms with Gasteiger partial charge < -0.3 is 9.47 Å². The number of hydrogen-bond donors (Lipinski definition) is 0. The molecule has 0 radical (unpaired) electrons. The molecule has 0 spiro atoms. The molecule has 0 heterocycles. The highest BCUT2D eigenvalue weighted by atomic mass is 16.5. The first-order chi connectivity index (χ1) is 13.1. The van der Waals surface area contributed by atoms with E-state index >= 15 is 0 Å². The summed E-state index contributed by atoms with van der Waals surface area (Å²) in [6, 6.07) is 25.5. The van der Waals surface area contributed by atoms with Crippen LogP contribution < -0.4 is 9.47 Å². The number of nitrogens with zero attached hydrogens (tertiary/aromatic N) is 1. The van der Waals surface area contributed by atoms with Gasteiger partial charge in [-0.2, -0.15) is 0 Å². The lowest BCUT2D eigenvalue weighted by Crippen LogP contribution is -2.10. The monoisotopic (exact) mass is 357 g/mol. The molecule has 136 valence electrons. The van der Waals surface area contributed by atoms with Gasteiger partial charge in [-0.3, -0.25) is 0 Å². The molecule has 0 saturated carbocycles. The van der Waals surface area contributed by atoms with E-state index in [9.17, 15) is 0 Å². The summed E-state index contributed by atoms with van der Waals surface area (Å²) in [4.78, 5) is 4.67. The predicted molar refractivity (Wildman–Crippen MR) is 111 cm³/mol. The SMILES string of the molecule is C/C(=C\Oc1ccc(C)cc1)C(=Nc1ccc(C)cc1)Oc1ccccc1. The molecule has 3 aromatic rings. The minimum absolute atomic E-state index is 0.497. The van der Waals surface area contributed by atoms with Crippen molar-refractivity contribution in [1.82, 2.24) is 0 Å². The minimum Gasteiger partial charge on any atom is -0.465 e. The Morgan fingerprint density at radius 3 is 1.96 bits per heavy atom. The normalized spacial score (nSPS) is 12.0. The summed E-state index contributed by atoms with van der Waals surface area (Å²) in [5, 5.41) is 0. The summed E-state index contributed by atoms with van der Waals surface area (Å²) in [7, 11) is 0. The fourth-order valence-corrected chi connectivity index (χ4v) is 2.35. The molecule has 3 aromatic carbocycles. The lowest BCUT2D eigenvalue weighted by molar-refractivity contribution is 0.473. The number of hydrogen-bond acceptors (Lipinski definition) is 3. The second kappa shape index (κ2) is 8.86. The zero-order valence-corrected chi connectivity index (χ0v) is 15.8. The van der Waals surface area contributed by atoms with Crippen LogP contribution in [0.25, 0.3) is 0 Å². The first-order valence-electron chi connectivity index (χ1n) is 8.89.